The van der Waals surface area contributed by atoms with Crippen molar-refractivity contribution in [1.82, 2.24) is 4.90 Å². The van der Waals surface area contributed by atoms with Crippen LogP contribution < -0.4 is 0 Å². The molecule has 3 rings (SSSR count). The third kappa shape index (κ3) is 2.60. The van der Waals surface area contributed by atoms with Crippen molar-refractivity contribution in [1.29, 1.82) is 0 Å². The summed E-state index contributed by atoms with van der Waals surface area (Å²) >= 11 is 0. The van der Waals surface area contributed by atoms with Gasteiger partial charge in [0.15, 0.2) is 0 Å². The Morgan fingerprint density at radius 3 is 2.33 bits per heavy atom. The standard InChI is InChI=1S/C17H25NO3/c1-2-3-11-6-8-18(9-7-11)16(19)14-12-4-5-13(10-12)15(14)17(20)21/h4-5,11-15H,2-3,6-10H2,1H3,(H,20,21)/t12?,13?,14-,15+/m0/s1. The molecule has 1 aliphatic heterocycles. The molecule has 2 unspecified atom stereocenters. The van der Waals surface area contributed by atoms with Crippen LogP contribution in [0, 0.1) is 29.6 Å². The van der Waals surface area contributed by atoms with Crippen LogP contribution in [0.3, 0.4) is 0 Å². The van der Waals surface area contributed by atoms with Crippen LogP contribution in [-0.2, 0) is 9.59 Å². The summed E-state index contributed by atoms with van der Waals surface area (Å²) < 4.78 is 0. The minimum atomic E-state index is -0.800. The number of piperidine rings is 1. The molecule has 0 radical (unpaired) electrons. The lowest BCUT2D eigenvalue weighted by Gasteiger charge is -2.36. The second-order valence-corrected chi connectivity index (χ2v) is 6.90. The van der Waals surface area contributed by atoms with E-state index in [0.29, 0.717) is 0 Å². The Bertz CT molecular complexity index is 451. The number of allylic oxidation sites excluding steroid dienone is 2. The number of carbonyl (C=O) groups excluding carboxylic acids is 1. The predicted octanol–water partition coefficient (Wildman–Crippen LogP) is 2.55. The Labute approximate surface area is 126 Å². The van der Waals surface area contributed by atoms with Gasteiger partial charge in [-0.1, -0.05) is 31.9 Å². The van der Waals surface area contributed by atoms with Gasteiger partial charge in [-0.2, -0.15) is 0 Å². The molecule has 1 heterocycles. The van der Waals surface area contributed by atoms with E-state index in [1.807, 2.05) is 11.0 Å². The largest absolute Gasteiger partial charge is 0.481 e. The van der Waals surface area contributed by atoms with Crippen LogP contribution in [0.1, 0.15) is 39.0 Å². The molecule has 4 nitrogen and oxygen atoms in total. The summed E-state index contributed by atoms with van der Waals surface area (Å²) in [6.45, 7) is 3.83. The number of carboxylic acid groups (broad SMARTS) is 1. The van der Waals surface area contributed by atoms with Crippen molar-refractivity contribution in [2.45, 2.75) is 39.0 Å². The smallest absolute Gasteiger partial charge is 0.307 e. The molecule has 116 valence electrons. The lowest BCUT2D eigenvalue weighted by Crippen LogP contribution is -2.46. The molecule has 2 fully saturated rings. The highest BCUT2D eigenvalue weighted by atomic mass is 16.4. The quantitative estimate of drug-likeness (QED) is 0.810. The number of hydrogen-bond acceptors (Lipinski definition) is 2. The van der Waals surface area contributed by atoms with Crippen LogP contribution in [0.4, 0.5) is 0 Å². The molecule has 4 atom stereocenters. The third-order valence-corrected chi connectivity index (χ3v) is 5.65. The van der Waals surface area contributed by atoms with Crippen LogP contribution in [0.5, 0.6) is 0 Å². The average molecular weight is 291 g/mol. The van der Waals surface area contributed by atoms with E-state index in [9.17, 15) is 14.7 Å². The Morgan fingerprint density at radius 2 is 1.76 bits per heavy atom. The Kier molecular flexibility index (Phi) is 4.05. The predicted molar refractivity (Wildman–Crippen MR) is 79.6 cm³/mol. The zero-order valence-corrected chi connectivity index (χ0v) is 12.7. The van der Waals surface area contributed by atoms with Crippen molar-refractivity contribution in [2.75, 3.05) is 13.1 Å². The van der Waals surface area contributed by atoms with Crippen molar-refractivity contribution < 1.29 is 14.7 Å². The van der Waals surface area contributed by atoms with E-state index in [0.717, 1.165) is 38.3 Å². The number of aliphatic carboxylic acids is 1. The van der Waals surface area contributed by atoms with E-state index in [1.165, 1.54) is 12.8 Å². The van der Waals surface area contributed by atoms with Crippen LogP contribution in [0.15, 0.2) is 12.2 Å². The topological polar surface area (TPSA) is 57.6 Å². The Hall–Kier alpha value is -1.32. The lowest BCUT2D eigenvalue weighted by atomic mass is 9.81. The lowest BCUT2D eigenvalue weighted by molar-refractivity contribution is -0.151. The summed E-state index contributed by atoms with van der Waals surface area (Å²) in [6, 6.07) is 0. The van der Waals surface area contributed by atoms with E-state index >= 15 is 0 Å². The van der Waals surface area contributed by atoms with Gasteiger partial charge < -0.3 is 10.0 Å². The number of rotatable bonds is 4. The molecule has 2 aliphatic carbocycles. The van der Waals surface area contributed by atoms with Crippen molar-refractivity contribution in [3.05, 3.63) is 12.2 Å². The molecule has 1 saturated heterocycles. The first-order chi connectivity index (χ1) is 10.1. The van der Waals surface area contributed by atoms with Gasteiger partial charge in [0.25, 0.3) is 0 Å². The van der Waals surface area contributed by atoms with E-state index in [-0.39, 0.29) is 23.7 Å². The molecular formula is C17H25NO3. The van der Waals surface area contributed by atoms with E-state index in [4.69, 9.17) is 0 Å². The summed E-state index contributed by atoms with van der Waals surface area (Å²) in [7, 11) is 0. The highest BCUT2D eigenvalue weighted by Gasteiger charge is 2.52. The fraction of sp³-hybridized carbons (Fsp3) is 0.765. The number of carboxylic acids is 1. The maximum Gasteiger partial charge on any atom is 0.307 e. The van der Waals surface area contributed by atoms with Gasteiger partial charge in [-0.15, -0.1) is 0 Å². The zero-order valence-electron chi connectivity index (χ0n) is 12.7. The molecule has 4 heteroatoms. The third-order valence-electron chi connectivity index (χ3n) is 5.65. The number of fused-ring (bicyclic) bond motifs is 2. The number of nitrogens with zero attached hydrogens (tertiary/aromatic N) is 1. The van der Waals surface area contributed by atoms with Crippen LogP contribution >= 0.6 is 0 Å². The fourth-order valence-corrected chi connectivity index (χ4v) is 4.56. The molecule has 21 heavy (non-hydrogen) atoms. The molecule has 3 aliphatic rings. The van der Waals surface area contributed by atoms with Gasteiger partial charge in [0, 0.05) is 13.1 Å². The van der Waals surface area contributed by atoms with Gasteiger partial charge in [-0.3, -0.25) is 9.59 Å². The monoisotopic (exact) mass is 291 g/mol. The molecule has 0 aromatic rings. The number of carbonyl (C=O) groups is 2. The van der Waals surface area contributed by atoms with Gasteiger partial charge in [-0.05, 0) is 37.0 Å². The van der Waals surface area contributed by atoms with E-state index < -0.39 is 11.9 Å². The van der Waals surface area contributed by atoms with E-state index in [2.05, 4.69) is 13.0 Å². The van der Waals surface area contributed by atoms with Crippen molar-refractivity contribution in [2.24, 2.45) is 29.6 Å². The van der Waals surface area contributed by atoms with Gasteiger partial charge in [0.2, 0.25) is 5.91 Å². The highest BCUT2D eigenvalue weighted by Crippen LogP contribution is 2.49. The second kappa shape index (κ2) is 5.82. The van der Waals surface area contributed by atoms with Crippen LogP contribution in [0.2, 0.25) is 0 Å². The number of amides is 1. The second-order valence-electron chi connectivity index (χ2n) is 6.90. The summed E-state index contributed by atoms with van der Waals surface area (Å²) in [6.07, 6.45) is 9.52. The molecule has 1 amide bonds. The molecular weight excluding hydrogens is 266 g/mol. The van der Waals surface area contributed by atoms with Gasteiger partial charge in [0.05, 0.1) is 11.8 Å². The number of hydrogen-bond donors (Lipinski definition) is 1. The molecule has 1 N–H and O–H groups in total. The van der Waals surface area contributed by atoms with Crippen molar-refractivity contribution in [3.63, 3.8) is 0 Å². The Balaban J connectivity index is 1.66. The van der Waals surface area contributed by atoms with Crippen LogP contribution in [-0.4, -0.2) is 35.0 Å². The van der Waals surface area contributed by atoms with Gasteiger partial charge in [0.1, 0.15) is 0 Å². The first kappa shape index (κ1) is 14.6. The normalized spacial score (nSPS) is 35.4. The van der Waals surface area contributed by atoms with E-state index in [1.54, 1.807) is 0 Å². The molecule has 1 saturated carbocycles. The molecule has 0 aromatic heterocycles. The van der Waals surface area contributed by atoms with Crippen molar-refractivity contribution in [3.8, 4) is 0 Å². The van der Waals surface area contributed by atoms with Crippen LogP contribution in [0.25, 0.3) is 0 Å². The molecule has 0 aromatic carbocycles. The maximum absolute atomic E-state index is 12.8. The zero-order chi connectivity index (χ0) is 15.0. The highest BCUT2D eigenvalue weighted by molar-refractivity contribution is 5.87. The summed E-state index contributed by atoms with van der Waals surface area (Å²) in [5.74, 6) is -0.563. The first-order valence-corrected chi connectivity index (χ1v) is 8.31. The van der Waals surface area contributed by atoms with Gasteiger partial charge in [-0.25, -0.2) is 0 Å². The van der Waals surface area contributed by atoms with Crippen molar-refractivity contribution >= 4 is 11.9 Å². The molecule has 2 bridgehead atoms. The minimum absolute atomic E-state index is 0.0686. The summed E-state index contributed by atoms with van der Waals surface area (Å²) in [5, 5.41) is 9.46. The van der Waals surface area contributed by atoms with Gasteiger partial charge >= 0.3 is 5.97 Å². The molecule has 0 spiro atoms. The minimum Gasteiger partial charge on any atom is -0.481 e. The summed E-state index contributed by atoms with van der Waals surface area (Å²) in [4.78, 5) is 26.3. The summed E-state index contributed by atoms with van der Waals surface area (Å²) in [5.41, 5.74) is 0. The maximum atomic E-state index is 12.8. The fourth-order valence-electron chi connectivity index (χ4n) is 4.56. The Morgan fingerprint density at radius 1 is 1.14 bits per heavy atom. The SMILES string of the molecule is CCCC1CCN(C(=O)[C@H]2C3C=CC(C3)[C@H]2C(=O)O)CC1. The average Bonchev–Trinajstić information content (AvgIpc) is 3.08. The first-order valence-electron chi connectivity index (χ1n) is 8.31. The number of likely N-dealkylation sites (tertiary alicyclic amines) is 1.